The minimum atomic E-state index is -4.71. The Bertz CT molecular complexity index is 1510. The van der Waals surface area contributed by atoms with Crippen molar-refractivity contribution < 1.29 is 35.0 Å². The van der Waals surface area contributed by atoms with Crippen LogP contribution in [-0.2, 0) is 29.4 Å². The molecule has 0 unspecified atom stereocenters. The van der Waals surface area contributed by atoms with Crippen molar-refractivity contribution in [1.29, 1.82) is 0 Å². The maximum Gasteiger partial charge on any atom is 0.416 e. The quantitative estimate of drug-likeness (QED) is 0.216. The van der Waals surface area contributed by atoms with Crippen molar-refractivity contribution in [3.63, 3.8) is 0 Å². The van der Waals surface area contributed by atoms with Gasteiger partial charge < -0.3 is 18.8 Å². The first kappa shape index (κ1) is 27.3. The van der Waals surface area contributed by atoms with E-state index >= 15 is 0 Å². The smallest absolute Gasteiger partial charge is 0.416 e. The summed E-state index contributed by atoms with van der Waals surface area (Å²) in [6.45, 7) is 0.160. The van der Waals surface area contributed by atoms with Crippen LogP contribution in [0.25, 0.3) is 0 Å². The fourth-order valence-corrected chi connectivity index (χ4v) is 4.68. The largest absolute Gasteiger partial charge is 0.467 e. The molecule has 0 bridgehead atoms. The minimum absolute atomic E-state index is 0.0455. The maximum atomic E-state index is 13.1. The van der Waals surface area contributed by atoms with E-state index in [2.05, 4.69) is 21.2 Å². The summed E-state index contributed by atoms with van der Waals surface area (Å²) in [5.74, 6) is 0.404. The molecule has 0 aliphatic rings. The highest BCUT2D eigenvalue weighted by Crippen LogP contribution is 2.31. The van der Waals surface area contributed by atoms with Gasteiger partial charge >= 0.3 is 22.3 Å². The molecule has 1 heterocycles. The van der Waals surface area contributed by atoms with Gasteiger partial charge in [-0.25, -0.2) is 4.79 Å². The van der Waals surface area contributed by atoms with Gasteiger partial charge in [-0.15, -0.1) is 0 Å². The molecule has 0 saturated heterocycles. The van der Waals surface area contributed by atoms with Crippen molar-refractivity contribution in [2.45, 2.75) is 24.2 Å². The van der Waals surface area contributed by atoms with E-state index in [1.807, 2.05) is 0 Å². The lowest BCUT2D eigenvalue weighted by Gasteiger charge is -2.22. The number of hydrogen-bond acceptors (Lipinski definition) is 5. The summed E-state index contributed by atoms with van der Waals surface area (Å²) in [5, 5.41) is 2.80. The number of benzene rings is 3. The molecule has 0 saturated carbocycles. The van der Waals surface area contributed by atoms with Crippen LogP contribution in [0.3, 0.4) is 0 Å². The van der Waals surface area contributed by atoms with Crippen LogP contribution in [0.1, 0.15) is 16.9 Å². The monoisotopic (exact) mass is 608 g/mol. The van der Waals surface area contributed by atoms with Crippen LogP contribution in [0.2, 0.25) is 0 Å². The number of rotatable bonds is 8. The van der Waals surface area contributed by atoms with Crippen LogP contribution in [0.5, 0.6) is 5.75 Å². The number of urea groups is 1. The van der Waals surface area contributed by atoms with E-state index in [4.69, 9.17) is 8.60 Å². The van der Waals surface area contributed by atoms with Crippen molar-refractivity contribution in [2.75, 3.05) is 5.32 Å². The Morgan fingerprint density at radius 1 is 0.947 bits per heavy atom. The fraction of sp³-hybridized carbons (Fsp3) is 0.115. The number of hydrogen-bond donors (Lipinski definition) is 1. The number of amides is 2. The van der Waals surface area contributed by atoms with Gasteiger partial charge in [0.25, 0.3) is 0 Å². The Balaban J connectivity index is 1.53. The first-order chi connectivity index (χ1) is 18.0. The highest BCUT2D eigenvalue weighted by molar-refractivity contribution is 9.10. The van der Waals surface area contributed by atoms with E-state index in [0.717, 1.165) is 22.7 Å². The summed E-state index contributed by atoms with van der Waals surface area (Å²) in [4.78, 5) is 13.9. The topological polar surface area (TPSA) is 88.9 Å². The van der Waals surface area contributed by atoms with E-state index in [0.29, 0.717) is 23.1 Å². The molecule has 0 aliphatic carbocycles. The van der Waals surface area contributed by atoms with Gasteiger partial charge in [-0.05, 0) is 72.3 Å². The van der Waals surface area contributed by atoms with Gasteiger partial charge in [-0.1, -0.05) is 34.1 Å². The second kappa shape index (κ2) is 11.3. The zero-order valence-corrected chi connectivity index (χ0v) is 21.9. The summed E-state index contributed by atoms with van der Waals surface area (Å²) in [6, 6.07) is 19.2. The van der Waals surface area contributed by atoms with Crippen LogP contribution < -0.4 is 9.50 Å². The molecule has 7 nitrogen and oxygen atoms in total. The zero-order chi connectivity index (χ0) is 27.3. The van der Waals surface area contributed by atoms with Crippen molar-refractivity contribution in [3.05, 3.63) is 113 Å². The number of alkyl halides is 3. The summed E-state index contributed by atoms with van der Waals surface area (Å²) < 4.78 is 75.8. The Morgan fingerprint density at radius 2 is 1.68 bits per heavy atom. The van der Waals surface area contributed by atoms with Crippen LogP contribution in [0.4, 0.5) is 23.7 Å². The molecule has 0 radical (unpaired) electrons. The van der Waals surface area contributed by atoms with E-state index in [1.165, 1.54) is 29.4 Å². The van der Waals surface area contributed by atoms with E-state index in [-0.39, 0.29) is 18.8 Å². The molecule has 4 aromatic rings. The molecule has 0 spiro atoms. The predicted octanol–water partition coefficient (Wildman–Crippen LogP) is 7.06. The van der Waals surface area contributed by atoms with Crippen molar-refractivity contribution >= 4 is 37.8 Å². The average Bonchev–Trinajstić information content (AvgIpc) is 3.38. The number of carbonyl (C=O) groups is 1. The Morgan fingerprint density at radius 3 is 2.37 bits per heavy atom. The Labute approximate surface area is 225 Å². The van der Waals surface area contributed by atoms with Crippen molar-refractivity contribution in [3.8, 4) is 5.75 Å². The SMILES string of the molecule is O=C(Nc1ccc(Br)cc1)N(Cc1cccc(OS(=O)(=O)c2cccc(C(F)(F)F)c2)c1)Cc1ccco1. The van der Waals surface area contributed by atoms with E-state index in [9.17, 15) is 26.4 Å². The van der Waals surface area contributed by atoms with Gasteiger partial charge in [-0.3, -0.25) is 0 Å². The number of anilines is 1. The molecule has 0 fully saturated rings. The third kappa shape index (κ3) is 7.17. The molecule has 12 heteroatoms. The lowest BCUT2D eigenvalue weighted by Crippen LogP contribution is -2.34. The first-order valence-electron chi connectivity index (χ1n) is 11.0. The van der Waals surface area contributed by atoms with Gasteiger partial charge in [-0.2, -0.15) is 21.6 Å². The van der Waals surface area contributed by atoms with Crippen LogP contribution >= 0.6 is 15.9 Å². The molecule has 4 rings (SSSR count). The standard InChI is InChI=1S/C26H20BrF3N2O5S/c27-20-9-11-21(12-10-20)31-25(33)32(17-23-7-3-13-36-23)16-18-4-1-6-22(14-18)37-38(34,35)24-8-2-5-19(15-24)26(28,29)30/h1-15H,16-17H2,(H,31,33). The average molecular weight is 609 g/mol. The molecule has 0 atom stereocenters. The lowest BCUT2D eigenvalue weighted by molar-refractivity contribution is -0.137. The number of halogens is 4. The van der Waals surface area contributed by atoms with Crippen molar-refractivity contribution in [2.24, 2.45) is 0 Å². The van der Waals surface area contributed by atoms with Gasteiger partial charge in [0.05, 0.1) is 18.4 Å². The third-order valence-corrected chi connectivity index (χ3v) is 7.01. The van der Waals surface area contributed by atoms with Gasteiger partial charge in [0, 0.05) is 16.7 Å². The Kier molecular flexibility index (Phi) is 8.12. The highest BCUT2D eigenvalue weighted by Gasteiger charge is 2.32. The first-order valence-corrected chi connectivity index (χ1v) is 13.2. The summed E-state index contributed by atoms with van der Waals surface area (Å²) in [7, 11) is -4.55. The number of carbonyl (C=O) groups excluding carboxylic acids is 1. The van der Waals surface area contributed by atoms with E-state index in [1.54, 1.807) is 42.5 Å². The van der Waals surface area contributed by atoms with Crippen LogP contribution in [0, 0.1) is 0 Å². The third-order valence-electron chi connectivity index (χ3n) is 5.24. The van der Waals surface area contributed by atoms with Crippen molar-refractivity contribution in [1.82, 2.24) is 4.90 Å². The van der Waals surface area contributed by atoms with Gasteiger partial charge in [0.1, 0.15) is 16.4 Å². The number of nitrogens with one attached hydrogen (secondary N) is 1. The summed E-state index contributed by atoms with van der Waals surface area (Å²) in [6.07, 6.45) is -3.23. The van der Waals surface area contributed by atoms with Gasteiger partial charge in [0.2, 0.25) is 0 Å². The second-order valence-corrected chi connectivity index (χ2v) is 10.5. The maximum absolute atomic E-state index is 13.1. The molecule has 0 aliphatic heterocycles. The molecule has 198 valence electrons. The molecule has 1 N–H and O–H groups in total. The molecule has 38 heavy (non-hydrogen) atoms. The van der Waals surface area contributed by atoms with Crippen LogP contribution in [-0.4, -0.2) is 19.3 Å². The fourth-order valence-electron chi connectivity index (χ4n) is 3.44. The highest BCUT2D eigenvalue weighted by atomic mass is 79.9. The summed E-state index contributed by atoms with van der Waals surface area (Å²) >= 11 is 3.34. The zero-order valence-electron chi connectivity index (χ0n) is 19.5. The molecular weight excluding hydrogens is 589 g/mol. The van der Waals surface area contributed by atoms with E-state index < -0.39 is 32.8 Å². The predicted molar refractivity (Wildman–Crippen MR) is 137 cm³/mol. The molecular formula is C26H20BrF3N2O5S. The summed E-state index contributed by atoms with van der Waals surface area (Å²) in [5.41, 5.74) is -0.0348. The minimum Gasteiger partial charge on any atom is -0.467 e. The number of nitrogens with zero attached hydrogens (tertiary/aromatic N) is 1. The second-order valence-electron chi connectivity index (χ2n) is 8.08. The lowest BCUT2D eigenvalue weighted by atomic mass is 10.2. The Hall–Kier alpha value is -3.77. The molecule has 2 amide bonds. The van der Waals surface area contributed by atoms with Gasteiger partial charge in [0.15, 0.2) is 0 Å². The molecule has 3 aromatic carbocycles. The normalized spacial score (nSPS) is 11.7. The molecule has 1 aromatic heterocycles. The number of furan rings is 1. The van der Waals surface area contributed by atoms with Crippen LogP contribution in [0.15, 0.2) is 105 Å².